The summed E-state index contributed by atoms with van der Waals surface area (Å²) in [6.45, 7) is 7.06. The van der Waals surface area contributed by atoms with Gasteiger partial charge in [0, 0.05) is 12.2 Å². The molecule has 2 saturated heterocycles. The lowest BCUT2D eigenvalue weighted by Gasteiger charge is -2.16. The second-order valence-corrected chi connectivity index (χ2v) is 6.52. The molecule has 5 nitrogen and oxygen atoms in total. The van der Waals surface area contributed by atoms with Crippen LogP contribution in [0.5, 0.6) is 5.75 Å². The molecule has 2 N–H and O–H groups in total. The van der Waals surface area contributed by atoms with Crippen LogP contribution in [0.15, 0.2) is 18.2 Å². The molecule has 3 rings (SSSR count). The van der Waals surface area contributed by atoms with E-state index in [1.54, 1.807) is 0 Å². The number of nitrogens with zero attached hydrogens (tertiary/aromatic N) is 1. The monoisotopic (exact) mass is 317 g/mol. The summed E-state index contributed by atoms with van der Waals surface area (Å²) in [6, 6.07) is 5.81. The van der Waals surface area contributed by atoms with E-state index >= 15 is 0 Å². The average Bonchev–Trinajstić information content (AvgIpc) is 3.22. The van der Waals surface area contributed by atoms with E-state index in [2.05, 4.69) is 15.5 Å². The number of nitrogens with one attached hydrogen (secondary N) is 2. The molecule has 2 aliphatic heterocycles. The molecule has 0 bridgehead atoms. The van der Waals surface area contributed by atoms with Gasteiger partial charge in [0.2, 0.25) is 5.91 Å². The minimum absolute atomic E-state index is 0.0494. The third kappa shape index (κ3) is 4.45. The number of hydrogen-bond acceptors (Lipinski definition) is 4. The summed E-state index contributed by atoms with van der Waals surface area (Å²) in [5.74, 6) is 0.964. The fraction of sp³-hybridized carbons (Fsp3) is 0.611. The second kappa shape index (κ2) is 7.79. The van der Waals surface area contributed by atoms with Gasteiger partial charge >= 0.3 is 0 Å². The number of rotatable bonds is 6. The van der Waals surface area contributed by atoms with Gasteiger partial charge < -0.3 is 15.4 Å². The summed E-state index contributed by atoms with van der Waals surface area (Å²) >= 11 is 0. The van der Waals surface area contributed by atoms with Crippen LogP contribution in [0, 0.1) is 6.92 Å². The summed E-state index contributed by atoms with van der Waals surface area (Å²) in [4.78, 5) is 14.6. The van der Waals surface area contributed by atoms with E-state index in [0.29, 0.717) is 0 Å². The first-order valence-electron chi connectivity index (χ1n) is 8.72. The van der Waals surface area contributed by atoms with Crippen molar-refractivity contribution in [3.05, 3.63) is 23.8 Å². The van der Waals surface area contributed by atoms with Crippen molar-refractivity contribution in [3.8, 4) is 5.75 Å². The first kappa shape index (κ1) is 16.3. The van der Waals surface area contributed by atoms with Crippen molar-refractivity contribution in [3.63, 3.8) is 0 Å². The molecule has 0 aliphatic carbocycles. The van der Waals surface area contributed by atoms with Crippen molar-refractivity contribution in [2.45, 2.75) is 38.6 Å². The maximum absolute atomic E-state index is 12.1. The van der Waals surface area contributed by atoms with Crippen LogP contribution in [0.2, 0.25) is 0 Å². The molecule has 1 aromatic rings. The Labute approximate surface area is 138 Å². The minimum Gasteiger partial charge on any atom is -0.492 e. The normalized spacial score (nSPS) is 21.5. The van der Waals surface area contributed by atoms with Crippen LogP contribution >= 0.6 is 0 Å². The number of likely N-dealkylation sites (tertiary alicyclic amines) is 1. The number of aryl methyl sites for hydroxylation is 1. The van der Waals surface area contributed by atoms with E-state index < -0.39 is 0 Å². The van der Waals surface area contributed by atoms with Gasteiger partial charge in [0.25, 0.3) is 0 Å². The third-order valence-electron chi connectivity index (χ3n) is 4.68. The average molecular weight is 317 g/mol. The quantitative estimate of drug-likeness (QED) is 0.844. The van der Waals surface area contributed by atoms with Crippen molar-refractivity contribution in [2.24, 2.45) is 0 Å². The van der Waals surface area contributed by atoms with Gasteiger partial charge in [-0.2, -0.15) is 0 Å². The molecule has 0 unspecified atom stereocenters. The van der Waals surface area contributed by atoms with Gasteiger partial charge in [-0.3, -0.25) is 9.69 Å². The van der Waals surface area contributed by atoms with Crippen LogP contribution in [-0.4, -0.2) is 49.6 Å². The van der Waals surface area contributed by atoms with Crippen LogP contribution in [0.3, 0.4) is 0 Å². The van der Waals surface area contributed by atoms with Gasteiger partial charge in [0.15, 0.2) is 0 Å². The lowest BCUT2D eigenvalue weighted by Crippen LogP contribution is -2.35. The smallest absolute Gasteiger partial charge is 0.241 e. The van der Waals surface area contributed by atoms with E-state index in [1.165, 1.54) is 25.9 Å². The Hall–Kier alpha value is -1.59. The second-order valence-electron chi connectivity index (χ2n) is 6.52. The van der Waals surface area contributed by atoms with Crippen molar-refractivity contribution >= 4 is 11.6 Å². The molecule has 0 aromatic heterocycles. The number of hydrogen-bond donors (Lipinski definition) is 2. The predicted octanol–water partition coefficient (Wildman–Crippen LogP) is 2.16. The lowest BCUT2D eigenvalue weighted by molar-refractivity contribution is -0.117. The van der Waals surface area contributed by atoms with E-state index in [1.807, 2.05) is 25.1 Å². The highest BCUT2D eigenvalue weighted by Crippen LogP contribution is 2.22. The van der Waals surface area contributed by atoms with Gasteiger partial charge in [0.1, 0.15) is 12.4 Å². The van der Waals surface area contributed by atoms with E-state index in [9.17, 15) is 4.79 Å². The van der Waals surface area contributed by atoms with E-state index in [0.717, 1.165) is 49.5 Å². The molecule has 5 heteroatoms. The lowest BCUT2D eigenvalue weighted by atomic mass is 10.1. The van der Waals surface area contributed by atoms with Crippen LogP contribution in [0.4, 0.5) is 5.69 Å². The first-order chi connectivity index (χ1) is 11.2. The molecule has 1 aromatic carbocycles. The van der Waals surface area contributed by atoms with Crippen molar-refractivity contribution in [2.75, 3.05) is 38.1 Å². The van der Waals surface area contributed by atoms with Crippen molar-refractivity contribution < 1.29 is 9.53 Å². The SMILES string of the molecule is Cc1cc(NC(=O)[C@H]2CCCN2)ccc1OCCN1CCCC1. The molecular weight excluding hydrogens is 290 g/mol. The van der Waals surface area contributed by atoms with Gasteiger partial charge in [-0.15, -0.1) is 0 Å². The standard InChI is InChI=1S/C18H27N3O2/c1-14-13-15(20-18(22)16-5-4-8-19-16)6-7-17(14)23-12-11-21-9-2-3-10-21/h6-7,13,16,19H,2-5,8-12H2,1H3,(H,20,22)/t16-/m1/s1. The van der Waals surface area contributed by atoms with Crippen LogP contribution in [0.1, 0.15) is 31.2 Å². The molecule has 126 valence electrons. The Morgan fingerprint density at radius 3 is 2.87 bits per heavy atom. The molecule has 0 spiro atoms. The molecule has 23 heavy (non-hydrogen) atoms. The molecule has 1 atom stereocenters. The number of carbonyl (C=O) groups excluding carboxylic acids is 1. The zero-order valence-corrected chi connectivity index (χ0v) is 13.9. The Morgan fingerprint density at radius 1 is 1.35 bits per heavy atom. The maximum Gasteiger partial charge on any atom is 0.241 e. The Kier molecular flexibility index (Phi) is 5.51. The molecule has 2 heterocycles. The topological polar surface area (TPSA) is 53.6 Å². The predicted molar refractivity (Wildman–Crippen MR) is 92.0 cm³/mol. The largest absolute Gasteiger partial charge is 0.492 e. The van der Waals surface area contributed by atoms with E-state index in [4.69, 9.17) is 4.74 Å². The van der Waals surface area contributed by atoms with E-state index in [-0.39, 0.29) is 11.9 Å². The Bertz CT molecular complexity index is 535. The molecule has 1 amide bonds. The molecular formula is C18H27N3O2. The summed E-state index contributed by atoms with van der Waals surface area (Å²) in [5.41, 5.74) is 1.90. The maximum atomic E-state index is 12.1. The number of ether oxygens (including phenoxy) is 1. The van der Waals surface area contributed by atoms with Crippen LogP contribution in [-0.2, 0) is 4.79 Å². The number of carbonyl (C=O) groups is 1. The van der Waals surface area contributed by atoms with Crippen LogP contribution in [0.25, 0.3) is 0 Å². The summed E-state index contributed by atoms with van der Waals surface area (Å²) in [7, 11) is 0. The number of amides is 1. The Balaban J connectivity index is 1.49. The van der Waals surface area contributed by atoms with Crippen molar-refractivity contribution in [1.82, 2.24) is 10.2 Å². The number of benzene rings is 1. The minimum atomic E-state index is -0.0494. The fourth-order valence-electron chi connectivity index (χ4n) is 3.32. The highest BCUT2D eigenvalue weighted by molar-refractivity contribution is 5.95. The zero-order valence-electron chi connectivity index (χ0n) is 13.9. The van der Waals surface area contributed by atoms with Crippen LogP contribution < -0.4 is 15.4 Å². The summed E-state index contributed by atoms with van der Waals surface area (Å²) in [6.07, 6.45) is 4.61. The highest BCUT2D eigenvalue weighted by Gasteiger charge is 2.22. The van der Waals surface area contributed by atoms with Crippen molar-refractivity contribution in [1.29, 1.82) is 0 Å². The molecule has 0 radical (unpaired) electrons. The highest BCUT2D eigenvalue weighted by atomic mass is 16.5. The first-order valence-corrected chi connectivity index (χ1v) is 8.72. The molecule has 2 aliphatic rings. The van der Waals surface area contributed by atoms with Gasteiger partial charge in [-0.25, -0.2) is 0 Å². The molecule has 0 saturated carbocycles. The third-order valence-corrected chi connectivity index (χ3v) is 4.68. The fourth-order valence-corrected chi connectivity index (χ4v) is 3.32. The van der Waals surface area contributed by atoms with Gasteiger partial charge in [-0.1, -0.05) is 0 Å². The summed E-state index contributed by atoms with van der Waals surface area (Å²) in [5, 5.41) is 6.20. The summed E-state index contributed by atoms with van der Waals surface area (Å²) < 4.78 is 5.89. The Morgan fingerprint density at radius 2 is 2.17 bits per heavy atom. The van der Waals surface area contributed by atoms with Gasteiger partial charge in [0.05, 0.1) is 6.04 Å². The zero-order chi connectivity index (χ0) is 16.1. The van der Waals surface area contributed by atoms with Gasteiger partial charge in [-0.05, 0) is 76.0 Å². The number of anilines is 1. The molecule has 2 fully saturated rings.